The molecule has 0 aliphatic carbocycles. The molecule has 6 nitrogen and oxygen atoms in total. The Kier molecular flexibility index (Phi) is 25.1. The minimum Gasteiger partial charge on any atom is -0.394 e. The number of aliphatic hydroxyl groups excluding tert-OH is 1. The van der Waals surface area contributed by atoms with Gasteiger partial charge in [-0.15, -0.1) is 0 Å². The van der Waals surface area contributed by atoms with E-state index in [1.54, 1.807) is 0 Å². The molecule has 0 heterocycles. The second-order valence-electron chi connectivity index (χ2n) is 13.9. The molecular formula is C46H70O6. The molecule has 6 heteroatoms. The summed E-state index contributed by atoms with van der Waals surface area (Å²) in [5.41, 5.74) is 2.47. The van der Waals surface area contributed by atoms with Gasteiger partial charge in [0.2, 0.25) is 0 Å². The Morgan fingerprint density at radius 3 is 1.21 bits per heavy atom. The number of ether oxygens (including phenoxy) is 5. The molecule has 290 valence electrons. The van der Waals surface area contributed by atoms with Crippen molar-refractivity contribution in [1.29, 1.82) is 0 Å². The van der Waals surface area contributed by atoms with E-state index in [0.717, 1.165) is 23.1 Å². The van der Waals surface area contributed by atoms with Crippen molar-refractivity contribution in [3.05, 3.63) is 108 Å². The molecule has 0 saturated carbocycles. The summed E-state index contributed by atoms with van der Waals surface area (Å²) in [5.74, 6) is 0. The molecule has 0 spiro atoms. The molecule has 0 aromatic heterocycles. The van der Waals surface area contributed by atoms with Gasteiger partial charge in [-0.2, -0.15) is 0 Å². The first-order valence-electron chi connectivity index (χ1n) is 20.6. The van der Waals surface area contributed by atoms with Crippen LogP contribution < -0.4 is 0 Å². The van der Waals surface area contributed by atoms with Crippen LogP contribution in [0.1, 0.15) is 126 Å². The van der Waals surface area contributed by atoms with Crippen LogP contribution >= 0.6 is 0 Å². The second-order valence-corrected chi connectivity index (χ2v) is 13.9. The Morgan fingerprint density at radius 2 is 0.808 bits per heavy atom. The van der Waals surface area contributed by atoms with Gasteiger partial charge >= 0.3 is 0 Å². The minimum atomic E-state index is -0.747. The average Bonchev–Trinajstić information content (AvgIpc) is 3.20. The zero-order valence-corrected chi connectivity index (χ0v) is 32.4. The molecule has 52 heavy (non-hydrogen) atoms. The predicted octanol–water partition coefficient (Wildman–Crippen LogP) is 10.7. The van der Waals surface area contributed by atoms with Crippen LogP contribution in [0, 0.1) is 0 Å². The van der Waals surface area contributed by atoms with Gasteiger partial charge in [0, 0.05) is 6.61 Å². The van der Waals surface area contributed by atoms with Gasteiger partial charge in [-0.25, -0.2) is 0 Å². The Hall–Kier alpha value is -2.58. The predicted molar refractivity (Wildman–Crippen MR) is 214 cm³/mol. The van der Waals surface area contributed by atoms with Crippen LogP contribution in [-0.2, 0) is 29.3 Å². The summed E-state index contributed by atoms with van der Waals surface area (Å²) >= 11 is 0. The number of unbranched alkanes of at least 4 members (excludes halogenated alkanes) is 15. The summed E-state index contributed by atoms with van der Waals surface area (Å²) < 4.78 is 29.9. The van der Waals surface area contributed by atoms with E-state index in [-0.39, 0.29) is 12.7 Å². The smallest absolute Gasteiger partial charge is 0.143 e. The van der Waals surface area contributed by atoms with E-state index < -0.39 is 5.60 Å². The minimum absolute atomic E-state index is 0.0320. The second kappa shape index (κ2) is 29.8. The van der Waals surface area contributed by atoms with Crippen molar-refractivity contribution in [2.24, 2.45) is 0 Å². The monoisotopic (exact) mass is 719 g/mol. The normalized spacial score (nSPS) is 12.3. The first-order valence-corrected chi connectivity index (χ1v) is 20.6. The third kappa shape index (κ3) is 18.0. The van der Waals surface area contributed by atoms with Crippen LogP contribution in [0.5, 0.6) is 0 Å². The number of aliphatic hydroxyl groups is 1. The number of rotatable bonds is 34. The van der Waals surface area contributed by atoms with E-state index in [4.69, 9.17) is 23.7 Å². The molecular weight excluding hydrogens is 648 g/mol. The maximum atomic E-state index is 9.69. The molecule has 0 radical (unpaired) electrons. The van der Waals surface area contributed by atoms with Gasteiger partial charge in [-0.1, -0.05) is 194 Å². The van der Waals surface area contributed by atoms with Gasteiger partial charge in [-0.3, -0.25) is 0 Å². The van der Waals surface area contributed by atoms with Crippen LogP contribution in [0.3, 0.4) is 0 Å². The van der Waals surface area contributed by atoms with E-state index in [2.05, 4.69) is 79.7 Å². The highest BCUT2D eigenvalue weighted by Gasteiger charge is 2.37. The highest BCUT2D eigenvalue weighted by Crippen LogP contribution is 2.40. The SMILES string of the molecule is CCCCCCCCCCCCCCCCCCOC(CO)COCCOCCOCCOC(c1ccccc1)(c1ccccc1)c1ccccc1. The van der Waals surface area contributed by atoms with Crippen molar-refractivity contribution in [2.75, 3.05) is 59.5 Å². The quantitative estimate of drug-likeness (QED) is 0.0490. The summed E-state index contributed by atoms with van der Waals surface area (Å²) in [6.45, 7) is 6.04. The summed E-state index contributed by atoms with van der Waals surface area (Å²) in [4.78, 5) is 0. The standard InChI is InChI=1S/C46H70O6/c1-2-3-4-5-6-7-8-9-10-11-12-13-14-15-16-26-33-51-45(40-47)41-50-37-36-48-34-35-49-38-39-52-46(42-27-20-17-21-28-42,43-29-22-18-23-30-43)44-31-24-19-25-32-44/h17-25,27-32,45,47H,2-16,26,33-41H2,1H3. The van der Waals surface area contributed by atoms with E-state index in [9.17, 15) is 5.11 Å². The van der Waals surface area contributed by atoms with Crippen LogP contribution in [0.4, 0.5) is 0 Å². The van der Waals surface area contributed by atoms with Gasteiger partial charge in [0.05, 0.1) is 52.9 Å². The number of benzene rings is 3. The highest BCUT2D eigenvalue weighted by molar-refractivity contribution is 5.47. The molecule has 0 bridgehead atoms. The third-order valence-corrected chi connectivity index (χ3v) is 9.69. The Balaban J connectivity index is 1.16. The topological polar surface area (TPSA) is 66.4 Å². The molecule has 0 amide bonds. The van der Waals surface area contributed by atoms with E-state index in [1.165, 1.54) is 96.3 Å². The molecule has 3 aromatic rings. The Labute approximate surface area is 316 Å². The molecule has 3 rings (SSSR count). The summed E-state index contributed by atoms with van der Waals surface area (Å²) in [7, 11) is 0. The van der Waals surface area contributed by atoms with E-state index in [0.29, 0.717) is 52.9 Å². The number of hydrogen-bond donors (Lipinski definition) is 1. The first-order chi connectivity index (χ1) is 25.8. The Morgan fingerprint density at radius 1 is 0.442 bits per heavy atom. The highest BCUT2D eigenvalue weighted by atomic mass is 16.6. The van der Waals surface area contributed by atoms with Gasteiger partial charge in [-0.05, 0) is 23.1 Å². The largest absolute Gasteiger partial charge is 0.394 e. The maximum absolute atomic E-state index is 9.69. The van der Waals surface area contributed by atoms with Crippen molar-refractivity contribution in [3.63, 3.8) is 0 Å². The van der Waals surface area contributed by atoms with E-state index in [1.807, 2.05) is 18.2 Å². The van der Waals surface area contributed by atoms with Crippen molar-refractivity contribution in [2.45, 2.75) is 121 Å². The molecule has 3 aromatic carbocycles. The lowest BCUT2D eigenvalue weighted by atomic mass is 9.80. The van der Waals surface area contributed by atoms with Crippen molar-refractivity contribution in [1.82, 2.24) is 0 Å². The van der Waals surface area contributed by atoms with Crippen molar-refractivity contribution >= 4 is 0 Å². The third-order valence-electron chi connectivity index (χ3n) is 9.69. The zero-order valence-electron chi connectivity index (χ0n) is 32.4. The van der Waals surface area contributed by atoms with Gasteiger partial charge in [0.1, 0.15) is 11.7 Å². The molecule has 0 saturated heterocycles. The number of hydrogen-bond acceptors (Lipinski definition) is 6. The molecule has 0 aliphatic heterocycles. The molecule has 1 N–H and O–H groups in total. The molecule has 0 aliphatic rings. The van der Waals surface area contributed by atoms with E-state index >= 15 is 0 Å². The lowest BCUT2D eigenvalue weighted by Crippen LogP contribution is -2.34. The average molecular weight is 719 g/mol. The van der Waals surface area contributed by atoms with Crippen LogP contribution in [0.2, 0.25) is 0 Å². The van der Waals surface area contributed by atoms with Crippen molar-refractivity contribution in [3.8, 4) is 0 Å². The Bertz CT molecular complexity index is 1090. The fourth-order valence-corrected chi connectivity index (χ4v) is 6.73. The van der Waals surface area contributed by atoms with Crippen LogP contribution in [0.25, 0.3) is 0 Å². The molecule has 1 atom stereocenters. The summed E-state index contributed by atoms with van der Waals surface area (Å²) in [5, 5.41) is 9.69. The zero-order chi connectivity index (χ0) is 36.6. The lowest BCUT2D eigenvalue weighted by molar-refractivity contribution is -0.0587. The van der Waals surface area contributed by atoms with Crippen LogP contribution in [-0.4, -0.2) is 70.7 Å². The van der Waals surface area contributed by atoms with Gasteiger partial charge in [0.25, 0.3) is 0 Å². The fraction of sp³-hybridized carbons (Fsp3) is 0.609. The van der Waals surface area contributed by atoms with Gasteiger partial charge in [0.15, 0.2) is 0 Å². The molecule has 1 unspecified atom stereocenters. The first kappa shape index (κ1) is 43.8. The van der Waals surface area contributed by atoms with Gasteiger partial charge < -0.3 is 28.8 Å². The summed E-state index contributed by atoms with van der Waals surface area (Å²) in [6.07, 6.45) is 21.4. The summed E-state index contributed by atoms with van der Waals surface area (Å²) in [6, 6.07) is 31.1. The van der Waals surface area contributed by atoms with Crippen LogP contribution in [0.15, 0.2) is 91.0 Å². The maximum Gasteiger partial charge on any atom is 0.143 e. The van der Waals surface area contributed by atoms with Crippen molar-refractivity contribution < 1.29 is 28.8 Å². The lowest BCUT2D eigenvalue weighted by Gasteiger charge is -2.36. The molecule has 0 fully saturated rings. The fourth-order valence-electron chi connectivity index (χ4n) is 6.73.